The predicted octanol–water partition coefficient (Wildman–Crippen LogP) is 5.20. The van der Waals surface area contributed by atoms with Crippen LogP contribution in [0.1, 0.15) is 21.5 Å². The highest BCUT2D eigenvalue weighted by molar-refractivity contribution is 6.06. The van der Waals surface area contributed by atoms with Gasteiger partial charge in [0.15, 0.2) is 5.78 Å². The van der Waals surface area contributed by atoms with Crippen LogP contribution < -0.4 is 4.74 Å². The zero-order chi connectivity index (χ0) is 18.9. The van der Waals surface area contributed by atoms with Gasteiger partial charge in [-0.25, -0.2) is 4.79 Å². The highest BCUT2D eigenvalue weighted by Gasteiger charge is 2.04. The number of ether oxygens (including phenoxy) is 1. The lowest BCUT2D eigenvalue weighted by Gasteiger charge is -2.02. The third-order valence-electron chi connectivity index (χ3n) is 3.80. The SMILES string of the molecule is O=C(/C=C\c1ccccc1)Oc1ccc(C(=O)/C=C/c2ccccc2)cc1. The van der Waals surface area contributed by atoms with Crippen molar-refractivity contribution in [1.82, 2.24) is 0 Å². The first-order valence-electron chi connectivity index (χ1n) is 8.53. The van der Waals surface area contributed by atoms with Crippen molar-refractivity contribution >= 4 is 23.9 Å². The average molecular weight is 354 g/mol. The van der Waals surface area contributed by atoms with Crippen LogP contribution in [-0.2, 0) is 4.79 Å². The molecule has 0 saturated carbocycles. The summed E-state index contributed by atoms with van der Waals surface area (Å²) >= 11 is 0. The first kappa shape index (κ1) is 18.1. The van der Waals surface area contributed by atoms with Crippen molar-refractivity contribution in [3.63, 3.8) is 0 Å². The molecule has 0 atom stereocenters. The van der Waals surface area contributed by atoms with Gasteiger partial charge in [0.2, 0.25) is 0 Å². The molecule has 3 aromatic carbocycles. The molecule has 0 aliphatic rings. The summed E-state index contributed by atoms with van der Waals surface area (Å²) in [4.78, 5) is 24.1. The number of allylic oxidation sites excluding steroid dienone is 1. The van der Waals surface area contributed by atoms with Gasteiger partial charge < -0.3 is 4.74 Å². The molecule has 0 aliphatic heterocycles. The minimum absolute atomic E-state index is 0.110. The van der Waals surface area contributed by atoms with Crippen molar-refractivity contribution in [2.45, 2.75) is 0 Å². The van der Waals surface area contributed by atoms with E-state index in [9.17, 15) is 9.59 Å². The summed E-state index contributed by atoms with van der Waals surface area (Å²) in [6, 6.07) is 25.6. The van der Waals surface area contributed by atoms with Crippen molar-refractivity contribution in [2.75, 3.05) is 0 Å². The summed E-state index contributed by atoms with van der Waals surface area (Å²) in [6.45, 7) is 0. The maximum atomic E-state index is 12.2. The van der Waals surface area contributed by atoms with Crippen molar-refractivity contribution in [3.8, 4) is 5.75 Å². The van der Waals surface area contributed by atoms with Crippen molar-refractivity contribution in [3.05, 3.63) is 114 Å². The van der Waals surface area contributed by atoms with Crippen LogP contribution in [0.3, 0.4) is 0 Å². The second-order valence-electron chi connectivity index (χ2n) is 5.80. The van der Waals surface area contributed by atoms with Crippen molar-refractivity contribution in [1.29, 1.82) is 0 Å². The summed E-state index contributed by atoms with van der Waals surface area (Å²) in [5.41, 5.74) is 2.41. The molecule has 3 heteroatoms. The molecule has 0 aliphatic carbocycles. The lowest BCUT2D eigenvalue weighted by Crippen LogP contribution is -2.04. The maximum absolute atomic E-state index is 12.2. The van der Waals surface area contributed by atoms with Crippen LogP contribution in [0.25, 0.3) is 12.2 Å². The van der Waals surface area contributed by atoms with E-state index in [1.165, 1.54) is 12.2 Å². The van der Waals surface area contributed by atoms with Crippen LogP contribution in [0, 0.1) is 0 Å². The van der Waals surface area contributed by atoms with Crippen LogP contribution in [-0.4, -0.2) is 11.8 Å². The second kappa shape index (κ2) is 9.11. The Bertz CT molecular complexity index is 954. The molecule has 0 saturated heterocycles. The van der Waals surface area contributed by atoms with Gasteiger partial charge in [-0.3, -0.25) is 4.79 Å². The molecule has 3 aromatic rings. The van der Waals surface area contributed by atoms with Gasteiger partial charge in [-0.05, 0) is 47.5 Å². The fourth-order valence-electron chi connectivity index (χ4n) is 2.40. The Morgan fingerprint density at radius 3 is 1.70 bits per heavy atom. The summed E-state index contributed by atoms with van der Waals surface area (Å²) in [5, 5.41) is 0. The number of hydrogen-bond donors (Lipinski definition) is 0. The summed E-state index contributed by atoms with van der Waals surface area (Å²) in [5.74, 6) is -0.191. The number of benzene rings is 3. The molecule has 0 spiro atoms. The summed E-state index contributed by atoms with van der Waals surface area (Å²) in [7, 11) is 0. The Kier molecular flexibility index (Phi) is 6.10. The molecule has 0 fully saturated rings. The third kappa shape index (κ3) is 5.65. The normalized spacial score (nSPS) is 11.0. The lowest BCUT2D eigenvalue weighted by atomic mass is 10.1. The second-order valence-corrected chi connectivity index (χ2v) is 5.80. The average Bonchev–Trinajstić information content (AvgIpc) is 2.72. The van der Waals surface area contributed by atoms with E-state index in [1.807, 2.05) is 60.7 Å². The van der Waals surface area contributed by atoms with E-state index in [4.69, 9.17) is 4.74 Å². The van der Waals surface area contributed by atoms with Gasteiger partial charge in [-0.1, -0.05) is 66.7 Å². The quantitative estimate of drug-likeness (QED) is 0.264. The monoisotopic (exact) mass is 354 g/mol. The van der Waals surface area contributed by atoms with Gasteiger partial charge in [0.05, 0.1) is 0 Å². The van der Waals surface area contributed by atoms with Gasteiger partial charge in [0.1, 0.15) is 5.75 Å². The number of esters is 1. The van der Waals surface area contributed by atoms with E-state index in [2.05, 4.69) is 0 Å². The fourth-order valence-corrected chi connectivity index (χ4v) is 2.40. The van der Waals surface area contributed by atoms with Gasteiger partial charge in [-0.2, -0.15) is 0 Å². The minimum Gasteiger partial charge on any atom is -0.423 e. The van der Waals surface area contributed by atoms with E-state index in [-0.39, 0.29) is 5.78 Å². The molecule has 0 N–H and O–H groups in total. The molecule has 0 bridgehead atoms. The smallest absolute Gasteiger partial charge is 0.336 e. The predicted molar refractivity (Wildman–Crippen MR) is 107 cm³/mol. The first-order valence-corrected chi connectivity index (χ1v) is 8.53. The van der Waals surface area contributed by atoms with Gasteiger partial charge >= 0.3 is 5.97 Å². The molecule has 132 valence electrons. The largest absolute Gasteiger partial charge is 0.423 e. The number of carbonyl (C=O) groups excluding carboxylic acids is 2. The number of hydrogen-bond acceptors (Lipinski definition) is 3. The van der Waals surface area contributed by atoms with E-state index in [1.54, 1.807) is 36.4 Å². The standard InChI is InChI=1S/C24H18O3/c25-23(17-11-19-7-3-1-4-8-19)21-13-15-22(16-14-21)27-24(26)18-12-20-9-5-2-6-10-20/h1-18H/b17-11+,18-12-. The first-order chi connectivity index (χ1) is 13.2. The molecule has 0 radical (unpaired) electrons. The Morgan fingerprint density at radius 2 is 1.15 bits per heavy atom. The van der Waals surface area contributed by atoms with Gasteiger partial charge in [0, 0.05) is 11.6 Å². The van der Waals surface area contributed by atoms with Crippen LogP contribution in [0.4, 0.5) is 0 Å². The Morgan fingerprint density at radius 1 is 0.630 bits per heavy atom. The maximum Gasteiger partial charge on any atom is 0.336 e. The van der Waals surface area contributed by atoms with Crippen LogP contribution in [0.5, 0.6) is 5.75 Å². The number of rotatable bonds is 6. The number of carbonyl (C=O) groups is 2. The Labute approximate surface area is 158 Å². The third-order valence-corrected chi connectivity index (χ3v) is 3.80. The van der Waals surface area contributed by atoms with E-state index < -0.39 is 5.97 Å². The molecule has 0 heterocycles. The fraction of sp³-hybridized carbons (Fsp3) is 0. The van der Waals surface area contributed by atoms with Crippen LogP contribution in [0.15, 0.2) is 97.1 Å². The molecule has 27 heavy (non-hydrogen) atoms. The molecule has 3 nitrogen and oxygen atoms in total. The molecule has 3 rings (SSSR count). The Balaban J connectivity index is 1.58. The van der Waals surface area contributed by atoms with E-state index in [0.717, 1.165) is 11.1 Å². The highest BCUT2D eigenvalue weighted by Crippen LogP contribution is 2.14. The van der Waals surface area contributed by atoms with E-state index >= 15 is 0 Å². The lowest BCUT2D eigenvalue weighted by molar-refractivity contribution is -0.128. The molecule has 0 unspecified atom stereocenters. The minimum atomic E-state index is -0.470. The number of ketones is 1. The molecule has 0 aromatic heterocycles. The van der Waals surface area contributed by atoms with Gasteiger partial charge in [0.25, 0.3) is 0 Å². The van der Waals surface area contributed by atoms with Crippen molar-refractivity contribution in [2.24, 2.45) is 0 Å². The summed E-state index contributed by atoms with van der Waals surface area (Å²) in [6.07, 6.45) is 6.36. The zero-order valence-electron chi connectivity index (χ0n) is 14.6. The van der Waals surface area contributed by atoms with E-state index in [0.29, 0.717) is 11.3 Å². The topological polar surface area (TPSA) is 43.4 Å². The molecule has 0 amide bonds. The van der Waals surface area contributed by atoms with Crippen LogP contribution >= 0.6 is 0 Å². The molecular weight excluding hydrogens is 336 g/mol. The van der Waals surface area contributed by atoms with Crippen LogP contribution in [0.2, 0.25) is 0 Å². The van der Waals surface area contributed by atoms with Crippen molar-refractivity contribution < 1.29 is 14.3 Å². The van der Waals surface area contributed by atoms with Gasteiger partial charge in [-0.15, -0.1) is 0 Å². The Hall–Kier alpha value is -3.72. The molecular formula is C24H18O3. The summed E-state index contributed by atoms with van der Waals surface area (Å²) < 4.78 is 5.25. The zero-order valence-corrected chi connectivity index (χ0v) is 14.6. The highest BCUT2D eigenvalue weighted by atomic mass is 16.5.